The number of carbonyl (C=O) groups excluding carboxylic acids is 1. The van der Waals surface area contributed by atoms with Crippen LogP contribution in [-0.2, 0) is 16.0 Å². The smallest absolute Gasteiger partial charge is 0.167 e. The third-order valence-corrected chi connectivity index (χ3v) is 3.66. The van der Waals surface area contributed by atoms with Crippen molar-refractivity contribution < 1.29 is 13.9 Å². The van der Waals surface area contributed by atoms with Gasteiger partial charge in [-0.3, -0.25) is 9.69 Å². The molecule has 1 atom stereocenters. The first-order chi connectivity index (χ1) is 9.60. The molecule has 20 heavy (non-hydrogen) atoms. The van der Waals surface area contributed by atoms with Crippen LogP contribution < -0.4 is 0 Å². The second-order valence-electron chi connectivity index (χ2n) is 5.04. The molecule has 5 heteroatoms. The monoisotopic (exact) mass is 299 g/mol. The number of Topliss-reactive ketones (excluding diaryl/α,β-unsaturated/α-hetero) is 1. The van der Waals surface area contributed by atoms with Crippen molar-refractivity contribution in [3.05, 3.63) is 34.6 Å². The van der Waals surface area contributed by atoms with E-state index >= 15 is 0 Å². The molecule has 1 aliphatic rings. The van der Waals surface area contributed by atoms with Crippen LogP contribution in [0.2, 0.25) is 5.02 Å². The minimum atomic E-state index is -0.453. The molecule has 0 radical (unpaired) electrons. The lowest BCUT2D eigenvalue weighted by atomic mass is 10.0. The van der Waals surface area contributed by atoms with Gasteiger partial charge in [-0.15, -0.1) is 0 Å². The van der Waals surface area contributed by atoms with E-state index in [4.69, 9.17) is 16.3 Å². The van der Waals surface area contributed by atoms with E-state index in [-0.39, 0.29) is 12.2 Å². The zero-order valence-corrected chi connectivity index (χ0v) is 12.3. The van der Waals surface area contributed by atoms with Gasteiger partial charge in [0.2, 0.25) is 0 Å². The van der Waals surface area contributed by atoms with E-state index in [1.165, 1.54) is 6.07 Å². The summed E-state index contributed by atoms with van der Waals surface area (Å²) in [6, 6.07) is 4.38. The average molecular weight is 300 g/mol. The topological polar surface area (TPSA) is 29.5 Å². The molecule has 0 amide bonds. The first-order valence-corrected chi connectivity index (χ1v) is 7.28. The molecule has 0 bridgehead atoms. The SMILES string of the molecule is CCCN1CCOC(C(=O)Cc2ccc(Cl)cc2F)C1. The summed E-state index contributed by atoms with van der Waals surface area (Å²) in [4.78, 5) is 14.4. The van der Waals surface area contributed by atoms with Crippen LogP contribution >= 0.6 is 11.6 Å². The second-order valence-corrected chi connectivity index (χ2v) is 5.48. The van der Waals surface area contributed by atoms with E-state index in [2.05, 4.69) is 11.8 Å². The van der Waals surface area contributed by atoms with Gasteiger partial charge in [0.25, 0.3) is 0 Å². The molecule has 0 aromatic heterocycles. The lowest BCUT2D eigenvalue weighted by Crippen LogP contribution is -2.46. The number of benzene rings is 1. The van der Waals surface area contributed by atoms with Gasteiger partial charge in [0.15, 0.2) is 5.78 Å². The van der Waals surface area contributed by atoms with Crippen LogP contribution in [0.25, 0.3) is 0 Å². The minimum Gasteiger partial charge on any atom is -0.368 e. The molecule has 1 unspecified atom stereocenters. The summed E-state index contributed by atoms with van der Waals surface area (Å²) in [6.45, 7) is 5.08. The van der Waals surface area contributed by atoms with Gasteiger partial charge in [0.05, 0.1) is 6.61 Å². The highest BCUT2D eigenvalue weighted by atomic mass is 35.5. The van der Waals surface area contributed by atoms with E-state index in [0.29, 0.717) is 23.7 Å². The van der Waals surface area contributed by atoms with Gasteiger partial charge >= 0.3 is 0 Å². The number of hydrogen-bond acceptors (Lipinski definition) is 3. The van der Waals surface area contributed by atoms with Crippen LogP contribution in [0.3, 0.4) is 0 Å². The van der Waals surface area contributed by atoms with E-state index in [1.54, 1.807) is 12.1 Å². The average Bonchev–Trinajstić information content (AvgIpc) is 2.42. The molecule has 3 nitrogen and oxygen atoms in total. The summed E-state index contributed by atoms with van der Waals surface area (Å²) in [5.74, 6) is -0.515. The highest BCUT2D eigenvalue weighted by Crippen LogP contribution is 2.17. The van der Waals surface area contributed by atoms with E-state index in [9.17, 15) is 9.18 Å². The highest BCUT2D eigenvalue weighted by Gasteiger charge is 2.26. The fourth-order valence-corrected chi connectivity index (χ4v) is 2.54. The molecule has 1 fully saturated rings. The molecule has 1 heterocycles. The highest BCUT2D eigenvalue weighted by molar-refractivity contribution is 6.30. The molecule has 0 saturated carbocycles. The fourth-order valence-electron chi connectivity index (χ4n) is 2.38. The van der Waals surface area contributed by atoms with Crippen molar-refractivity contribution in [1.29, 1.82) is 0 Å². The summed E-state index contributed by atoms with van der Waals surface area (Å²) >= 11 is 5.70. The lowest BCUT2D eigenvalue weighted by Gasteiger charge is -2.31. The molecule has 110 valence electrons. The first-order valence-electron chi connectivity index (χ1n) is 6.90. The minimum absolute atomic E-state index is 0.0492. The number of carbonyl (C=O) groups is 1. The van der Waals surface area contributed by atoms with Crippen LogP contribution in [-0.4, -0.2) is 43.0 Å². The number of ketones is 1. The number of morpholine rings is 1. The van der Waals surface area contributed by atoms with Crippen molar-refractivity contribution in [3.63, 3.8) is 0 Å². The Morgan fingerprint density at radius 1 is 1.55 bits per heavy atom. The summed E-state index contributed by atoms with van der Waals surface area (Å²) in [5.41, 5.74) is 0.371. The third kappa shape index (κ3) is 4.01. The number of ether oxygens (including phenoxy) is 1. The molecule has 1 aromatic carbocycles. The number of rotatable bonds is 5. The Morgan fingerprint density at radius 3 is 3.05 bits per heavy atom. The van der Waals surface area contributed by atoms with E-state index in [0.717, 1.165) is 19.5 Å². The quantitative estimate of drug-likeness (QED) is 0.837. The molecular weight excluding hydrogens is 281 g/mol. The molecule has 0 aliphatic carbocycles. The molecule has 1 saturated heterocycles. The number of nitrogens with zero attached hydrogens (tertiary/aromatic N) is 1. The third-order valence-electron chi connectivity index (χ3n) is 3.43. The van der Waals surface area contributed by atoms with Gasteiger partial charge < -0.3 is 4.74 Å². The van der Waals surface area contributed by atoms with Crippen molar-refractivity contribution in [1.82, 2.24) is 4.90 Å². The van der Waals surface area contributed by atoms with Crippen molar-refractivity contribution in [2.45, 2.75) is 25.9 Å². The van der Waals surface area contributed by atoms with Gasteiger partial charge in [-0.1, -0.05) is 24.6 Å². The van der Waals surface area contributed by atoms with Crippen LogP contribution in [0.4, 0.5) is 4.39 Å². The Morgan fingerprint density at radius 2 is 2.35 bits per heavy atom. The van der Waals surface area contributed by atoms with E-state index in [1.807, 2.05) is 0 Å². The van der Waals surface area contributed by atoms with Gasteiger partial charge in [0, 0.05) is 24.5 Å². The summed E-state index contributed by atoms with van der Waals surface area (Å²) in [5, 5.41) is 0.335. The predicted octanol–water partition coefficient (Wildman–Crippen LogP) is 2.70. The maximum atomic E-state index is 13.7. The Hall–Kier alpha value is -0.970. The Balaban J connectivity index is 1.97. The van der Waals surface area contributed by atoms with Crippen molar-refractivity contribution in [3.8, 4) is 0 Å². The van der Waals surface area contributed by atoms with Crippen molar-refractivity contribution in [2.75, 3.05) is 26.2 Å². The molecule has 1 aromatic rings. The van der Waals surface area contributed by atoms with Gasteiger partial charge in [-0.2, -0.15) is 0 Å². The summed E-state index contributed by atoms with van der Waals surface area (Å²) in [7, 11) is 0. The molecular formula is C15H19ClFNO2. The maximum Gasteiger partial charge on any atom is 0.167 e. The normalized spacial score (nSPS) is 20.1. The standard InChI is InChI=1S/C15H19ClFNO2/c1-2-5-18-6-7-20-15(10-18)14(19)8-11-3-4-12(16)9-13(11)17/h3-4,9,15H,2,5-8,10H2,1H3. The molecule has 0 spiro atoms. The molecule has 2 rings (SSSR count). The van der Waals surface area contributed by atoms with Crippen LogP contribution in [0.15, 0.2) is 18.2 Å². The predicted molar refractivity (Wildman–Crippen MR) is 76.6 cm³/mol. The summed E-state index contributed by atoms with van der Waals surface area (Å²) in [6.07, 6.45) is 0.644. The van der Waals surface area contributed by atoms with Crippen molar-refractivity contribution in [2.24, 2.45) is 0 Å². The van der Waals surface area contributed by atoms with Gasteiger partial charge in [-0.25, -0.2) is 4.39 Å². The summed E-state index contributed by atoms with van der Waals surface area (Å²) < 4.78 is 19.2. The Bertz CT molecular complexity index is 479. The fraction of sp³-hybridized carbons (Fsp3) is 0.533. The van der Waals surface area contributed by atoms with Gasteiger partial charge in [0.1, 0.15) is 11.9 Å². The number of halogens is 2. The zero-order chi connectivity index (χ0) is 14.5. The van der Waals surface area contributed by atoms with Crippen LogP contribution in [0.1, 0.15) is 18.9 Å². The Kier molecular flexibility index (Phi) is 5.52. The zero-order valence-electron chi connectivity index (χ0n) is 11.6. The second kappa shape index (κ2) is 7.16. The van der Waals surface area contributed by atoms with Crippen LogP contribution in [0.5, 0.6) is 0 Å². The first kappa shape index (κ1) is 15.4. The van der Waals surface area contributed by atoms with E-state index < -0.39 is 11.9 Å². The van der Waals surface area contributed by atoms with Crippen molar-refractivity contribution >= 4 is 17.4 Å². The lowest BCUT2D eigenvalue weighted by molar-refractivity contribution is -0.135. The molecule has 0 N–H and O–H groups in total. The largest absolute Gasteiger partial charge is 0.368 e. The van der Waals surface area contributed by atoms with Crippen LogP contribution in [0, 0.1) is 5.82 Å². The Labute approximate surface area is 123 Å². The maximum absolute atomic E-state index is 13.7. The molecule has 1 aliphatic heterocycles. The van der Waals surface area contributed by atoms with Gasteiger partial charge in [-0.05, 0) is 30.7 Å². The number of hydrogen-bond donors (Lipinski definition) is 0.